The molecular formula is C14H14N2O3. The quantitative estimate of drug-likeness (QED) is 0.876. The minimum absolute atomic E-state index is 0.221. The highest BCUT2D eigenvalue weighted by molar-refractivity contribution is 5.96. The summed E-state index contributed by atoms with van der Waals surface area (Å²) in [6.07, 6.45) is 0.328. The number of hydrogen-bond acceptors (Lipinski definition) is 3. The van der Waals surface area contributed by atoms with Crippen LogP contribution in [0.4, 0.5) is 0 Å². The Morgan fingerprint density at radius 2 is 2.00 bits per heavy atom. The molecule has 0 saturated carbocycles. The average Bonchev–Trinajstić information content (AvgIpc) is 2.43. The molecule has 1 aromatic heterocycles. The molecule has 1 amide bonds. The fraction of sp³-hybridized carbons (Fsp3) is 0.214. The van der Waals surface area contributed by atoms with E-state index in [1.807, 2.05) is 18.2 Å². The summed E-state index contributed by atoms with van der Waals surface area (Å²) in [5.74, 6) is -1.52. The van der Waals surface area contributed by atoms with Crippen LogP contribution in [0.5, 0.6) is 0 Å². The number of carbonyl (C=O) groups excluding carboxylic acids is 1. The molecule has 0 fully saturated rings. The number of para-hydroxylation sites is 1. The Hall–Kier alpha value is -2.43. The van der Waals surface area contributed by atoms with Crippen molar-refractivity contribution < 1.29 is 14.7 Å². The molecule has 0 aliphatic heterocycles. The molecule has 1 aromatic carbocycles. The number of amides is 1. The lowest BCUT2D eigenvalue weighted by atomic mass is 10.2. The maximum absolute atomic E-state index is 11.9. The summed E-state index contributed by atoms with van der Waals surface area (Å²) in [4.78, 5) is 27.0. The Morgan fingerprint density at radius 3 is 2.68 bits per heavy atom. The van der Waals surface area contributed by atoms with E-state index in [0.29, 0.717) is 11.9 Å². The zero-order valence-corrected chi connectivity index (χ0v) is 10.5. The van der Waals surface area contributed by atoms with E-state index < -0.39 is 17.9 Å². The highest BCUT2D eigenvalue weighted by atomic mass is 16.4. The molecule has 0 saturated heterocycles. The van der Waals surface area contributed by atoms with Gasteiger partial charge < -0.3 is 10.4 Å². The molecule has 5 heteroatoms. The van der Waals surface area contributed by atoms with Gasteiger partial charge in [-0.3, -0.25) is 4.79 Å². The number of nitrogens with one attached hydrogen (secondary N) is 1. The summed E-state index contributed by atoms with van der Waals surface area (Å²) in [6.45, 7) is 1.70. The van der Waals surface area contributed by atoms with Gasteiger partial charge in [0.2, 0.25) is 0 Å². The summed E-state index contributed by atoms with van der Waals surface area (Å²) >= 11 is 0. The van der Waals surface area contributed by atoms with Gasteiger partial charge in [-0.1, -0.05) is 31.2 Å². The van der Waals surface area contributed by atoms with Gasteiger partial charge in [0.25, 0.3) is 5.91 Å². The lowest BCUT2D eigenvalue weighted by Gasteiger charge is -2.11. The van der Waals surface area contributed by atoms with E-state index in [4.69, 9.17) is 5.11 Å². The number of carbonyl (C=O) groups is 2. The molecule has 0 bridgehead atoms. The van der Waals surface area contributed by atoms with Gasteiger partial charge in [0.05, 0.1) is 5.52 Å². The van der Waals surface area contributed by atoms with Crippen LogP contribution in [-0.2, 0) is 4.79 Å². The third-order valence-corrected chi connectivity index (χ3v) is 2.84. The van der Waals surface area contributed by atoms with Crippen LogP contribution in [-0.4, -0.2) is 28.0 Å². The topological polar surface area (TPSA) is 79.3 Å². The van der Waals surface area contributed by atoms with Crippen molar-refractivity contribution in [1.82, 2.24) is 10.3 Å². The number of carboxylic acids is 1. The second-order valence-corrected chi connectivity index (χ2v) is 4.16. The smallest absolute Gasteiger partial charge is 0.326 e. The Bertz CT molecular complexity index is 625. The molecule has 0 spiro atoms. The highest BCUT2D eigenvalue weighted by Crippen LogP contribution is 2.11. The maximum atomic E-state index is 11.9. The molecule has 0 unspecified atom stereocenters. The van der Waals surface area contributed by atoms with E-state index in [9.17, 15) is 9.59 Å². The first-order valence-electron chi connectivity index (χ1n) is 6.01. The van der Waals surface area contributed by atoms with Crippen LogP contribution in [0.2, 0.25) is 0 Å². The number of fused-ring (bicyclic) bond motifs is 1. The van der Waals surface area contributed by atoms with Crippen molar-refractivity contribution in [2.75, 3.05) is 0 Å². The molecule has 0 aliphatic carbocycles. The molecule has 5 nitrogen and oxygen atoms in total. The summed E-state index contributed by atoms with van der Waals surface area (Å²) < 4.78 is 0. The van der Waals surface area contributed by atoms with Gasteiger partial charge in [-0.05, 0) is 18.6 Å². The molecule has 98 valence electrons. The van der Waals surface area contributed by atoms with Crippen molar-refractivity contribution in [2.24, 2.45) is 0 Å². The summed E-state index contributed by atoms with van der Waals surface area (Å²) in [5.41, 5.74) is 0.928. The van der Waals surface area contributed by atoms with E-state index in [2.05, 4.69) is 10.3 Å². The average molecular weight is 258 g/mol. The highest BCUT2D eigenvalue weighted by Gasteiger charge is 2.19. The number of aromatic nitrogens is 1. The van der Waals surface area contributed by atoms with Crippen molar-refractivity contribution >= 4 is 22.8 Å². The summed E-state index contributed by atoms with van der Waals surface area (Å²) in [7, 11) is 0. The van der Waals surface area contributed by atoms with Crippen molar-refractivity contribution in [3.8, 4) is 0 Å². The van der Waals surface area contributed by atoms with Crippen LogP contribution in [0.25, 0.3) is 10.9 Å². The van der Waals surface area contributed by atoms with E-state index >= 15 is 0 Å². The third kappa shape index (κ3) is 2.88. The number of rotatable bonds is 4. The minimum atomic E-state index is -1.04. The van der Waals surface area contributed by atoms with Crippen LogP contribution < -0.4 is 5.32 Å². The molecular weight excluding hydrogens is 244 g/mol. The number of aliphatic carboxylic acids is 1. The first kappa shape index (κ1) is 13.0. The van der Waals surface area contributed by atoms with Crippen LogP contribution in [0.1, 0.15) is 23.8 Å². The van der Waals surface area contributed by atoms with E-state index in [1.165, 1.54) is 0 Å². The van der Waals surface area contributed by atoms with Gasteiger partial charge in [-0.25, -0.2) is 9.78 Å². The predicted octanol–water partition coefficient (Wildman–Crippen LogP) is 1.83. The molecule has 1 atom stereocenters. The van der Waals surface area contributed by atoms with Gasteiger partial charge in [-0.2, -0.15) is 0 Å². The van der Waals surface area contributed by atoms with Gasteiger partial charge in [0.15, 0.2) is 0 Å². The van der Waals surface area contributed by atoms with Crippen LogP contribution in [0, 0.1) is 0 Å². The van der Waals surface area contributed by atoms with Crippen molar-refractivity contribution in [2.45, 2.75) is 19.4 Å². The number of nitrogens with zero attached hydrogens (tertiary/aromatic N) is 1. The summed E-state index contributed by atoms with van der Waals surface area (Å²) in [6, 6.07) is 9.92. The van der Waals surface area contributed by atoms with Crippen molar-refractivity contribution in [3.63, 3.8) is 0 Å². The van der Waals surface area contributed by atoms with E-state index in [0.717, 1.165) is 5.39 Å². The van der Waals surface area contributed by atoms with E-state index in [-0.39, 0.29) is 5.69 Å². The first-order chi connectivity index (χ1) is 9.11. The lowest BCUT2D eigenvalue weighted by molar-refractivity contribution is -0.139. The summed E-state index contributed by atoms with van der Waals surface area (Å²) in [5, 5.41) is 12.3. The maximum Gasteiger partial charge on any atom is 0.326 e. The number of carboxylic acid groups (broad SMARTS) is 1. The predicted molar refractivity (Wildman–Crippen MR) is 70.9 cm³/mol. The van der Waals surface area contributed by atoms with E-state index in [1.54, 1.807) is 25.1 Å². The second kappa shape index (κ2) is 5.48. The fourth-order valence-corrected chi connectivity index (χ4v) is 1.76. The molecule has 1 heterocycles. The standard InChI is InChI=1S/C14H14N2O3/c1-2-10(14(18)19)16-13(17)12-8-7-9-5-3-4-6-11(9)15-12/h3-8,10H,2H2,1H3,(H,16,17)(H,18,19)/t10-/m1/s1. The van der Waals surface area contributed by atoms with Crippen LogP contribution in [0.3, 0.4) is 0 Å². The number of pyridine rings is 1. The minimum Gasteiger partial charge on any atom is -0.480 e. The molecule has 0 radical (unpaired) electrons. The Kier molecular flexibility index (Phi) is 3.75. The zero-order chi connectivity index (χ0) is 13.8. The normalized spacial score (nSPS) is 12.1. The third-order valence-electron chi connectivity index (χ3n) is 2.84. The Labute approximate surface area is 110 Å². The number of hydrogen-bond donors (Lipinski definition) is 2. The van der Waals surface area contributed by atoms with Gasteiger partial charge >= 0.3 is 5.97 Å². The van der Waals surface area contributed by atoms with Crippen LogP contribution in [0.15, 0.2) is 36.4 Å². The molecule has 19 heavy (non-hydrogen) atoms. The fourth-order valence-electron chi connectivity index (χ4n) is 1.76. The van der Waals surface area contributed by atoms with Crippen molar-refractivity contribution in [1.29, 1.82) is 0 Å². The van der Waals surface area contributed by atoms with Gasteiger partial charge in [0, 0.05) is 5.39 Å². The molecule has 2 aromatic rings. The zero-order valence-electron chi connectivity index (χ0n) is 10.5. The Morgan fingerprint density at radius 1 is 1.26 bits per heavy atom. The monoisotopic (exact) mass is 258 g/mol. The number of benzene rings is 1. The second-order valence-electron chi connectivity index (χ2n) is 4.16. The molecule has 2 rings (SSSR count). The first-order valence-corrected chi connectivity index (χ1v) is 6.01. The van der Waals surface area contributed by atoms with Gasteiger partial charge in [0.1, 0.15) is 11.7 Å². The largest absolute Gasteiger partial charge is 0.480 e. The molecule has 0 aliphatic rings. The van der Waals surface area contributed by atoms with Crippen LogP contribution >= 0.6 is 0 Å². The molecule has 2 N–H and O–H groups in total. The van der Waals surface area contributed by atoms with Gasteiger partial charge in [-0.15, -0.1) is 0 Å². The Balaban J connectivity index is 2.24. The van der Waals surface area contributed by atoms with Crippen molar-refractivity contribution in [3.05, 3.63) is 42.1 Å². The lowest BCUT2D eigenvalue weighted by Crippen LogP contribution is -2.40. The SMILES string of the molecule is CC[C@@H](NC(=O)c1ccc2ccccc2n1)C(=O)O.